The number of benzene rings is 2. The second-order valence-electron chi connectivity index (χ2n) is 5.91. The Kier molecular flexibility index (Phi) is 5.42. The molecule has 0 amide bonds. The molecule has 0 radical (unpaired) electrons. The van der Waals surface area contributed by atoms with Gasteiger partial charge in [0.25, 0.3) is 0 Å². The van der Waals surface area contributed by atoms with Gasteiger partial charge in [0.2, 0.25) is 0 Å². The van der Waals surface area contributed by atoms with Crippen molar-refractivity contribution in [3.8, 4) is 5.75 Å². The van der Waals surface area contributed by atoms with Crippen molar-refractivity contribution in [3.05, 3.63) is 59.1 Å². The summed E-state index contributed by atoms with van der Waals surface area (Å²) in [7, 11) is 0. The number of quaternary nitrogens is 1. The fourth-order valence-corrected chi connectivity index (χ4v) is 3.42. The van der Waals surface area contributed by atoms with Crippen molar-refractivity contribution in [2.45, 2.75) is 13.5 Å². The van der Waals surface area contributed by atoms with Gasteiger partial charge in [-0.3, -0.25) is 0 Å². The molecule has 1 saturated heterocycles. The van der Waals surface area contributed by atoms with Crippen LogP contribution in [0.25, 0.3) is 0 Å². The maximum absolute atomic E-state index is 6.31. The van der Waals surface area contributed by atoms with E-state index in [2.05, 4.69) is 35.2 Å². The third-order valence-electron chi connectivity index (χ3n) is 4.38. The van der Waals surface area contributed by atoms with E-state index in [1.807, 2.05) is 25.1 Å². The quantitative estimate of drug-likeness (QED) is 0.907. The largest absolute Gasteiger partial charge is 0.493 e. The first kappa shape index (κ1) is 16.2. The lowest BCUT2D eigenvalue weighted by Gasteiger charge is -2.34. The molecule has 0 atom stereocenters. The van der Waals surface area contributed by atoms with E-state index in [1.54, 1.807) is 4.90 Å². The molecule has 2 aromatic carbocycles. The molecule has 23 heavy (non-hydrogen) atoms. The highest BCUT2D eigenvalue weighted by atomic mass is 35.5. The molecule has 1 heterocycles. The molecule has 1 aliphatic rings. The number of nitrogens with one attached hydrogen (secondary N) is 1. The van der Waals surface area contributed by atoms with Gasteiger partial charge < -0.3 is 14.5 Å². The van der Waals surface area contributed by atoms with E-state index >= 15 is 0 Å². The topological polar surface area (TPSA) is 16.9 Å². The van der Waals surface area contributed by atoms with Crippen LogP contribution in [-0.2, 0) is 6.54 Å². The van der Waals surface area contributed by atoms with Gasteiger partial charge in [-0.15, -0.1) is 0 Å². The average Bonchev–Trinajstić information content (AvgIpc) is 2.58. The fourth-order valence-electron chi connectivity index (χ4n) is 3.16. The molecule has 2 aromatic rings. The Morgan fingerprint density at radius 2 is 1.74 bits per heavy atom. The highest BCUT2D eigenvalue weighted by Crippen LogP contribution is 2.25. The number of para-hydroxylation sites is 2. The van der Waals surface area contributed by atoms with Crippen molar-refractivity contribution in [1.82, 2.24) is 0 Å². The van der Waals surface area contributed by atoms with Crippen LogP contribution < -0.4 is 14.5 Å². The third-order valence-corrected chi connectivity index (χ3v) is 4.70. The minimum Gasteiger partial charge on any atom is -0.493 e. The number of halogens is 1. The molecule has 0 saturated carbocycles. The standard InChI is InChI=1S/C19H23ClN2O/c1-2-23-19-10-6-3-7-16(19)15-21-11-13-22(14-12-21)18-9-5-4-8-17(18)20/h3-10H,2,11-15H2,1H3/p+1. The van der Waals surface area contributed by atoms with Gasteiger partial charge in [0.1, 0.15) is 12.3 Å². The fraction of sp³-hybridized carbons (Fsp3) is 0.368. The van der Waals surface area contributed by atoms with Crippen LogP contribution in [0.3, 0.4) is 0 Å². The van der Waals surface area contributed by atoms with Crippen molar-refractivity contribution in [3.63, 3.8) is 0 Å². The predicted molar refractivity (Wildman–Crippen MR) is 95.7 cm³/mol. The molecular formula is C19H24ClN2O+. The molecule has 0 bridgehead atoms. The van der Waals surface area contributed by atoms with Crippen LogP contribution in [0.15, 0.2) is 48.5 Å². The monoisotopic (exact) mass is 331 g/mol. The number of piperazine rings is 1. The summed E-state index contributed by atoms with van der Waals surface area (Å²) in [5.74, 6) is 1.02. The van der Waals surface area contributed by atoms with Crippen molar-refractivity contribution < 1.29 is 9.64 Å². The molecule has 3 rings (SSSR count). The van der Waals surface area contributed by atoms with Gasteiger partial charge in [-0.1, -0.05) is 35.9 Å². The molecule has 0 unspecified atom stereocenters. The van der Waals surface area contributed by atoms with E-state index in [0.29, 0.717) is 6.61 Å². The smallest absolute Gasteiger partial charge is 0.128 e. The molecule has 1 aliphatic heterocycles. The Balaban J connectivity index is 1.61. The molecule has 3 nitrogen and oxygen atoms in total. The summed E-state index contributed by atoms with van der Waals surface area (Å²) < 4.78 is 5.74. The van der Waals surface area contributed by atoms with Crippen LogP contribution in [0, 0.1) is 0 Å². The molecule has 0 aliphatic carbocycles. The van der Waals surface area contributed by atoms with Gasteiger partial charge in [0.15, 0.2) is 0 Å². The molecule has 4 heteroatoms. The van der Waals surface area contributed by atoms with Crippen LogP contribution in [0.4, 0.5) is 5.69 Å². The average molecular weight is 332 g/mol. The summed E-state index contributed by atoms with van der Waals surface area (Å²) >= 11 is 6.31. The first-order chi connectivity index (χ1) is 11.3. The van der Waals surface area contributed by atoms with Crippen molar-refractivity contribution >= 4 is 17.3 Å². The summed E-state index contributed by atoms with van der Waals surface area (Å²) in [4.78, 5) is 3.99. The Morgan fingerprint density at radius 1 is 1.04 bits per heavy atom. The van der Waals surface area contributed by atoms with E-state index in [1.165, 1.54) is 5.56 Å². The summed E-state index contributed by atoms with van der Waals surface area (Å²) in [6.07, 6.45) is 0. The number of hydrogen-bond acceptors (Lipinski definition) is 2. The zero-order chi connectivity index (χ0) is 16.1. The molecule has 122 valence electrons. The SMILES string of the molecule is CCOc1ccccc1C[NH+]1CCN(c2ccccc2Cl)CC1. The Bertz CT molecular complexity index is 639. The maximum atomic E-state index is 6.31. The summed E-state index contributed by atoms with van der Waals surface area (Å²) in [5, 5.41) is 0.845. The van der Waals surface area contributed by atoms with Gasteiger partial charge in [0.05, 0.1) is 43.5 Å². The lowest BCUT2D eigenvalue weighted by Crippen LogP contribution is -3.13. The van der Waals surface area contributed by atoms with E-state index in [0.717, 1.165) is 49.2 Å². The number of rotatable bonds is 5. The number of hydrogen-bond donors (Lipinski definition) is 1. The normalized spacial score (nSPS) is 15.7. The van der Waals surface area contributed by atoms with Crippen molar-refractivity contribution in [2.24, 2.45) is 0 Å². The Hall–Kier alpha value is -1.71. The summed E-state index contributed by atoms with van der Waals surface area (Å²) in [6.45, 7) is 8.08. The van der Waals surface area contributed by atoms with E-state index in [-0.39, 0.29) is 0 Å². The molecule has 1 N–H and O–H groups in total. The van der Waals surface area contributed by atoms with Crippen LogP contribution >= 0.6 is 11.6 Å². The van der Waals surface area contributed by atoms with Gasteiger partial charge >= 0.3 is 0 Å². The Morgan fingerprint density at radius 3 is 2.48 bits per heavy atom. The first-order valence-electron chi connectivity index (χ1n) is 8.31. The molecule has 1 fully saturated rings. The van der Waals surface area contributed by atoms with Crippen LogP contribution in [-0.4, -0.2) is 32.8 Å². The van der Waals surface area contributed by atoms with Crippen molar-refractivity contribution in [2.75, 3.05) is 37.7 Å². The van der Waals surface area contributed by atoms with Gasteiger partial charge in [-0.05, 0) is 31.2 Å². The lowest BCUT2D eigenvalue weighted by atomic mass is 10.1. The van der Waals surface area contributed by atoms with Gasteiger partial charge in [0, 0.05) is 5.56 Å². The minimum absolute atomic E-state index is 0.715. The van der Waals surface area contributed by atoms with Crippen LogP contribution in [0.2, 0.25) is 5.02 Å². The highest BCUT2D eigenvalue weighted by molar-refractivity contribution is 6.33. The van der Waals surface area contributed by atoms with Crippen LogP contribution in [0.5, 0.6) is 5.75 Å². The minimum atomic E-state index is 0.715. The third kappa shape index (κ3) is 3.98. The van der Waals surface area contributed by atoms with Crippen LogP contribution in [0.1, 0.15) is 12.5 Å². The second-order valence-corrected chi connectivity index (χ2v) is 6.31. The van der Waals surface area contributed by atoms with E-state index in [9.17, 15) is 0 Å². The Labute approximate surface area is 143 Å². The maximum Gasteiger partial charge on any atom is 0.128 e. The van der Waals surface area contributed by atoms with Gasteiger partial charge in [-0.2, -0.15) is 0 Å². The first-order valence-corrected chi connectivity index (χ1v) is 8.69. The molecule has 0 aromatic heterocycles. The highest BCUT2D eigenvalue weighted by Gasteiger charge is 2.22. The lowest BCUT2D eigenvalue weighted by molar-refractivity contribution is -0.914. The molecule has 0 spiro atoms. The van der Waals surface area contributed by atoms with E-state index < -0.39 is 0 Å². The molecular weight excluding hydrogens is 308 g/mol. The van der Waals surface area contributed by atoms with E-state index in [4.69, 9.17) is 16.3 Å². The second kappa shape index (κ2) is 7.71. The van der Waals surface area contributed by atoms with Crippen molar-refractivity contribution in [1.29, 1.82) is 0 Å². The number of nitrogens with zero attached hydrogens (tertiary/aromatic N) is 1. The zero-order valence-electron chi connectivity index (χ0n) is 13.6. The van der Waals surface area contributed by atoms with Gasteiger partial charge in [-0.25, -0.2) is 0 Å². The number of ether oxygens (including phenoxy) is 1. The predicted octanol–water partition coefficient (Wildman–Crippen LogP) is 2.64. The zero-order valence-corrected chi connectivity index (χ0v) is 14.4. The number of anilines is 1. The summed E-state index contributed by atoms with van der Waals surface area (Å²) in [5.41, 5.74) is 2.46. The summed E-state index contributed by atoms with van der Waals surface area (Å²) in [6, 6.07) is 16.5.